The summed E-state index contributed by atoms with van der Waals surface area (Å²) in [4.78, 5) is 13.5. The van der Waals surface area contributed by atoms with E-state index >= 15 is 0 Å². The van der Waals surface area contributed by atoms with Gasteiger partial charge in [0.1, 0.15) is 11.4 Å². The average Bonchev–Trinajstić information content (AvgIpc) is 2.65. The van der Waals surface area contributed by atoms with E-state index in [4.69, 9.17) is 13.8 Å². The largest absolute Gasteiger partial charge is 0.496 e. The zero-order chi connectivity index (χ0) is 21.1. The molecule has 1 aliphatic rings. The summed E-state index contributed by atoms with van der Waals surface area (Å²) in [5, 5.41) is 0. The van der Waals surface area contributed by atoms with Crippen LogP contribution >= 0.6 is 7.60 Å². The number of methoxy groups -OCH3 is 1. The quantitative estimate of drug-likeness (QED) is 0.406. The number of benzene rings is 1. The topological polar surface area (TPSA) is 61.8 Å². The van der Waals surface area contributed by atoms with Crippen LogP contribution in [0.15, 0.2) is 6.07 Å². The van der Waals surface area contributed by atoms with E-state index in [1.165, 1.54) is 0 Å². The molecule has 0 spiro atoms. The van der Waals surface area contributed by atoms with Crippen LogP contribution in [0.25, 0.3) is 0 Å². The molecule has 0 saturated carbocycles. The van der Waals surface area contributed by atoms with Gasteiger partial charge >= 0.3 is 7.60 Å². The molecule has 28 heavy (non-hydrogen) atoms. The van der Waals surface area contributed by atoms with E-state index in [1.54, 1.807) is 27.9 Å². The van der Waals surface area contributed by atoms with Gasteiger partial charge in [0.05, 0.1) is 20.3 Å². The van der Waals surface area contributed by atoms with Gasteiger partial charge in [0.25, 0.3) is 0 Å². The first kappa shape index (κ1) is 23.1. The number of carbonyl (C=O) groups excluding carboxylic acids is 1. The number of ether oxygens (including phenoxy) is 1. The molecule has 0 saturated heterocycles. The molecule has 1 atom stereocenters. The summed E-state index contributed by atoms with van der Waals surface area (Å²) in [7, 11) is -1.83. The van der Waals surface area contributed by atoms with Crippen molar-refractivity contribution in [3.05, 3.63) is 28.3 Å². The molecule has 0 amide bonds. The predicted molar refractivity (Wildman–Crippen MR) is 113 cm³/mol. The van der Waals surface area contributed by atoms with Gasteiger partial charge in [-0.1, -0.05) is 20.8 Å². The Labute approximate surface area is 169 Å². The van der Waals surface area contributed by atoms with Crippen molar-refractivity contribution in [2.24, 2.45) is 0 Å². The molecule has 1 unspecified atom stereocenters. The van der Waals surface area contributed by atoms with E-state index in [2.05, 4.69) is 20.8 Å². The van der Waals surface area contributed by atoms with Crippen molar-refractivity contribution in [2.75, 3.05) is 20.3 Å². The van der Waals surface area contributed by atoms with Gasteiger partial charge in [-0.15, -0.1) is 0 Å². The van der Waals surface area contributed by atoms with Gasteiger partial charge in [-0.05, 0) is 69.1 Å². The second kappa shape index (κ2) is 9.11. The van der Waals surface area contributed by atoms with Crippen LogP contribution in [-0.2, 0) is 31.9 Å². The summed E-state index contributed by atoms with van der Waals surface area (Å²) in [6.45, 7) is 12.0. The third-order valence-electron chi connectivity index (χ3n) is 5.35. The van der Waals surface area contributed by atoms with Gasteiger partial charge in [0, 0.05) is 11.1 Å². The van der Waals surface area contributed by atoms with Gasteiger partial charge in [0.2, 0.25) is 0 Å². The maximum absolute atomic E-state index is 13.5. The Bertz CT molecular complexity index is 753. The number of ketones is 1. The Morgan fingerprint density at radius 2 is 1.64 bits per heavy atom. The van der Waals surface area contributed by atoms with Crippen LogP contribution in [0.5, 0.6) is 5.75 Å². The lowest BCUT2D eigenvalue weighted by molar-refractivity contribution is 0.0972. The van der Waals surface area contributed by atoms with Gasteiger partial charge < -0.3 is 13.8 Å². The fourth-order valence-electron chi connectivity index (χ4n) is 3.91. The summed E-state index contributed by atoms with van der Waals surface area (Å²) >= 11 is 0. The summed E-state index contributed by atoms with van der Waals surface area (Å²) < 4.78 is 29.9. The van der Waals surface area contributed by atoms with Crippen LogP contribution in [0, 0.1) is 0 Å². The van der Waals surface area contributed by atoms with Crippen molar-refractivity contribution < 1.29 is 23.1 Å². The smallest absolute Gasteiger partial charge is 0.341 e. The zero-order valence-electron chi connectivity index (χ0n) is 18.4. The Kier molecular flexibility index (Phi) is 7.52. The summed E-state index contributed by atoms with van der Waals surface area (Å²) in [6.07, 6.45) is 3.84. The lowest BCUT2D eigenvalue weighted by atomic mass is 9.78. The molecule has 0 heterocycles. The maximum atomic E-state index is 13.5. The molecule has 0 fully saturated rings. The van der Waals surface area contributed by atoms with E-state index < -0.39 is 13.3 Å². The van der Waals surface area contributed by atoms with E-state index in [-0.39, 0.29) is 24.4 Å². The van der Waals surface area contributed by atoms with E-state index in [9.17, 15) is 9.36 Å². The van der Waals surface area contributed by atoms with Crippen LogP contribution in [0.4, 0.5) is 0 Å². The Morgan fingerprint density at radius 1 is 1.11 bits per heavy atom. The normalized spacial score (nSPS) is 15.8. The molecule has 0 aromatic heterocycles. The maximum Gasteiger partial charge on any atom is 0.341 e. The zero-order valence-corrected chi connectivity index (χ0v) is 19.3. The van der Waals surface area contributed by atoms with Crippen molar-refractivity contribution in [1.29, 1.82) is 0 Å². The lowest BCUT2D eigenvalue weighted by Crippen LogP contribution is -2.25. The number of carbonyl (C=O) groups is 1. The molecule has 0 bridgehead atoms. The molecule has 2 rings (SSSR count). The fourth-order valence-corrected chi connectivity index (χ4v) is 5.58. The number of hydrogen-bond acceptors (Lipinski definition) is 5. The molecule has 1 aromatic carbocycles. The Balaban J connectivity index is 2.64. The minimum atomic E-state index is -3.52. The number of fused-ring (bicyclic) bond motifs is 1. The van der Waals surface area contributed by atoms with Crippen LogP contribution in [-0.4, -0.2) is 31.8 Å². The first-order valence-corrected chi connectivity index (χ1v) is 11.9. The number of Topliss-reactive ketones (excluding diaryl/α,β-unsaturated/α-hetero) is 1. The third kappa shape index (κ3) is 4.53. The minimum Gasteiger partial charge on any atom is -0.496 e. The Morgan fingerprint density at radius 3 is 2.11 bits per heavy atom. The highest BCUT2D eigenvalue weighted by molar-refractivity contribution is 7.55. The van der Waals surface area contributed by atoms with Gasteiger partial charge in [-0.2, -0.15) is 0 Å². The standard InChI is InChI=1S/C22H35O5P/c1-8-26-28(24,27-9-2)15(3)20(23)18-14-19(22(4,5)6)21(25-7)17-13-11-10-12-16(17)18/h14-15H,8-13H2,1-7H3. The molecule has 158 valence electrons. The second-order valence-electron chi connectivity index (χ2n) is 8.33. The van der Waals surface area contributed by atoms with Crippen molar-refractivity contribution in [3.63, 3.8) is 0 Å². The lowest BCUT2D eigenvalue weighted by Gasteiger charge is -2.30. The van der Waals surface area contributed by atoms with Crippen molar-refractivity contribution in [2.45, 2.75) is 78.3 Å². The van der Waals surface area contributed by atoms with E-state index in [0.29, 0.717) is 5.56 Å². The molecule has 0 N–H and O–H groups in total. The predicted octanol–water partition coefficient (Wildman–Crippen LogP) is 5.71. The van der Waals surface area contributed by atoms with Crippen molar-refractivity contribution in [1.82, 2.24) is 0 Å². The highest BCUT2D eigenvalue weighted by Crippen LogP contribution is 2.54. The monoisotopic (exact) mass is 410 g/mol. The molecule has 0 radical (unpaired) electrons. The highest BCUT2D eigenvalue weighted by atomic mass is 31.2. The summed E-state index contributed by atoms with van der Waals surface area (Å²) in [5.41, 5.74) is 2.78. The van der Waals surface area contributed by atoms with Crippen LogP contribution in [0.3, 0.4) is 0 Å². The van der Waals surface area contributed by atoms with Crippen molar-refractivity contribution in [3.8, 4) is 5.75 Å². The molecule has 1 aromatic rings. The fraction of sp³-hybridized carbons (Fsp3) is 0.682. The number of hydrogen-bond donors (Lipinski definition) is 0. The number of rotatable bonds is 8. The molecule has 1 aliphatic carbocycles. The van der Waals surface area contributed by atoms with Crippen LogP contribution in [0.2, 0.25) is 0 Å². The molecule has 6 heteroatoms. The highest BCUT2D eigenvalue weighted by Gasteiger charge is 2.40. The molecular formula is C22H35O5P. The SMILES string of the molecule is CCOP(=O)(OCC)C(C)C(=O)c1cc(C(C)(C)C)c(OC)c2c1CCCC2. The summed E-state index contributed by atoms with van der Waals surface area (Å²) in [5.74, 6) is 0.723. The molecule has 5 nitrogen and oxygen atoms in total. The van der Waals surface area contributed by atoms with Gasteiger partial charge in [0.15, 0.2) is 5.78 Å². The van der Waals surface area contributed by atoms with Crippen molar-refractivity contribution >= 4 is 13.4 Å². The first-order chi connectivity index (χ1) is 13.1. The van der Waals surface area contributed by atoms with Gasteiger partial charge in [-0.3, -0.25) is 9.36 Å². The van der Waals surface area contributed by atoms with E-state index in [1.807, 2.05) is 6.07 Å². The summed E-state index contributed by atoms with van der Waals surface area (Å²) in [6, 6.07) is 1.95. The minimum absolute atomic E-state index is 0.170. The average molecular weight is 410 g/mol. The molecule has 0 aliphatic heterocycles. The first-order valence-electron chi connectivity index (χ1n) is 10.3. The third-order valence-corrected chi connectivity index (χ3v) is 7.77. The van der Waals surface area contributed by atoms with Crippen LogP contribution in [0.1, 0.15) is 81.4 Å². The Hall–Kier alpha value is -1.16. The van der Waals surface area contributed by atoms with Gasteiger partial charge in [-0.25, -0.2) is 0 Å². The molecular weight excluding hydrogens is 375 g/mol. The van der Waals surface area contributed by atoms with Crippen LogP contribution < -0.4 is 4.74 Å². The van der Waals surface area contributed by atoms with E-state index in [0.717, 1.165) is 48.1 Å². The second-order valence-corrected chi connectivity index (χ2v) is 10.7.